The second-order valence-corrected chi connectivity index (χ2v) is 6.32. The Labute approximate surface area is 98.0 Å². The minimum Gasteiger partial charge on any atom is -0.480 e. The maximum atomic E-state index is 13.5. The minimum atomic E-state index is -4.17. The quantitative estimate of drug-likeness (QED) is 0.894. The summed E-state index contributed by atoms with van der Waals surface area (Å²) in [5.41, 5.74) is 0. The van der Waals surface area contributed by atoms with Crippen molar-refractivity contribution < 1.29 is 22.7 Å². The third-order valence-electron chi connectivity index (χ3n) is 3.19. The van der Waals surface area contributed by atoms with Gasteiger partial charge in [0.05, 0.1) is 0 Å². The first-order chi connectivity index (χ1) is 7.92. The van der Waals surface area contributed by atoms with E-state index < -0.39 is 31.3 Å². The molecule has 1 aliphatic carbocycles. The first-order valence-corrected chi connectivity index (χ1v) is 6.63. The molecule has 1 aromatic carbocycles. The molecule has 0 bridgehead atoms. The Morgan fingerprint density at radius 2 is 1.88 bits per heavy atom. The molecule has 0 saturated heterocycles. The molecular formula is C11H11FO4S. The second kappa shape index (κ2) is 3.80. The van der Waals surface area contributed by atoms with E-state index in [0.29, 0.717) is 6.42 Å². The number of hydrogen-bond acceptors (Lipinski definition) is 3. The Bertz CT molecular complexity index is 561. The first kappa shape index (κ1) is 12.0. The molecular weight excluding hydrogens is 247 g/mol. The molecule has 1 aliphatic rings. The molecule has 1 saturated carbocycles. The number of carboxylic acids is 1. The zero-order chi connectivity index (χ0) is 12.7. The van der Waals surface area contributed by atoms with Gasteiger partial charge in [-0.1, -0.05) is 12.1 Å². The summed E-state index contributed by atoms with van der Waals surface area (Å²) >= 11 is 0. The lowest BCUT2D eigenvalue weighted by Gasteiger charge is -2.36. The summed E-state index contributed by atoms with van der Waals surface area (Å²) < 4.78 is 36.0. The van der Waals surface area contributed by atoms with Gasteiger partial charge >= 0.3 is 5.97 Å². The van der Waals surface area contributed by atoms with Crippen LogP contribution >= 0.6 is 0 Å². The van der Waals surface area contributed by atoms with Crippen LogP contribution in [0.2, 0.25) is 0 Å². The maximum absolute atomic E-state index is 13.5. The molecule has 0 radical (unpaired) electrons. The van der Waals surface area contributed by atoms with Crippen LogP contribution in [0.15, 0.2) is 29.2 Å². The number of rotatable bonds is 3. The summed E-state index contributed by atoms with van der Waals surface area (Å²) in [6, 6.07) is 4.86. The van der Waals surface area contributed by atoms with Gasteiger partial charge in [0, 0.05) is 0 Å². The molecule has 0 aliphatic heterocycles. The van der Waals surface area contributed by atoms with Crippen LogP contribution in [0.1, 0.15) is 19.3 Å². The van der Waals surface area contributed by atoms with Gasteiger partial charge < -0.3 is 5.11 Å². The zero-order valence-electron chi connectivity index (χ0n) is 8.89. The van der Waals surface area contributed by atoms with E-state index in [2.05, 4.69) is 0 Å². The maximum Gasteiger partial charge on any atom is 0.325 e. The molecule has 0 heterocycles. The van der Waals surface area contributed by atoms with E-state index in [1.165, 1.54) is 12.1 Å². The van der Waals surface area contributed by atoms with Crippen LogP contribution in [0.5, 0.6) is 0 Å². The average Bonchev–Trinajstić information content (AvgIpc) is 2.14. The van der Waals surface area contributed by atoms with Crippen LogP contribution in [0.4, 0.5) is 4.39 Å². The van der Waals surface area contributed by atoms with Gasteiger partial charge in [-0.3, -0.25) is 4.79 Å². The summed E-state index contributed by atoms with van der Waals surface area (Å²) in [6.07, 6.45) is 0.609. The van der Waals surface area contributed by atoms with Gasteiger partial charge in [0.25, 0.3) is 0 Å². The van der Waals surface area contributed by atoms with Gasteiger partial charge in [0.1, 0.15) is 10.7 Å². The Balaban J connectivity index is 2.58. The number of benzene rings is 1. The van der Waals surface area contributed by atoms with Gasteiger partial charge in [-0.2, -0.15) is 0 Å². The third-order valence-corrected chi connectivity index (χ3v) is 5.71. The van der Waals surface area contributed by atoms with Gasteiger partial charge in [-0.15, -0.1) is 0 Å². The summed E-state index contributed by atoms with van der Waals surface area (Å²) in [5.74, 6) is -2.30. The molecule has 92 valence electrons. The van der Waals surface area contributed by atoms with Crippen molar-refractivity contribution in [2.45, 2.75) is 28.9 Å². The average molecular weight is 258 g/mol. The lowest BCUT2D eigenvalue weighted by Crippen LogP contribution is -2.52. The molecule has 4 nitrogen and oxygen atoms in total. The molecule has 0 amide bonds. The van der Waals surface area contributed by atoms with Crippen molar-refractivity contribution in [3.8, 4) is 0 Å². The second-order valence-electron chi connectivity index (χ2n) is 4.09. The third kappa shape index (κ3) is 1.55. The molecule has 0 unspecified atom stereocenters. The number of carboxylic acid groups (broad SMARTS) is 1. The predicted octanol–water partition coefficient (Wildman–Crippen LogP) is 1.61. The Kier molecular flexibility index (Phi) is 2.69. The highest BCUT2D eigenvalue weighted by Crippen LogP contribution is 2.43. The monoisotopic (exact) mass is 258 g/mol. The lowest BCUT2D eigenvalue weighted by molar-refractivity contribution is -0.142. The Morgan fingerprint density at radius 3 is 2.29 bits per heavy atom. The van der Waals surface area contributed by atoms with Crippen LogP contribution < -0.4 is 0 Å². The van der Waals surface area contributed by atoms with Crippen molar-refractivity contribution in [1.82, 2.24) is 0 Å². The highest BCUT2D eigenvalue weighted by atomic mass is 32.2. The zero-order valence-corrected chi connectivity index (χ0v) is 9.71. The molecule has 2 rings (SSSR count). The van der Waals surface area contributed by atoms with Crippen molar-refractivity contribution >= 4 is 15.8 Å². The molecule has 6 heteroatoms. The van der Waals surface area contributed by atoms with Crippen LogP contribution in [-0.4, -0.2) is 24.2 Å². The van der Waals surface area contributed by atoms with Crippen molar-refractivity contribution in [3.05, 3.63) is 30.1 Å². The van der Waals surface area contributed by atoms with Crippen molar-refractivity contribution in [2.24, 2.45) is 0 Å². The smallest absolute Gasteiger partial charge is 0.325 e. The fourth-order valence-corrected chi connectivity index (χ4v) is 4.03. The molecule has 1 aromatic rings. The van der Waals surface area contributed by atoms with Gasteiger partial charge in [-0.05, 0) is 31.4 Å². The van der Waals surface area contributed by atoms with Crippen molar-refractivity contribution in [2.75, 3.05) is 0 Å². The fraction of sp³-hybridized carbons (Fsp3) is 0.364. The van der Waals surface area contributed by atoms with Crippen LogP contribution in [0.25, 0.3) is 0 Å². The Hall–Kier alpha value is -1.43. The van der Waals surface area contributed by atoms with Gasteiger partial charge in [0.2, 0.25) is 0 Å². The van der Waals surface area contributed by atoms with Crippen molar-refractivity contribution in [1.29, 1.82) is 0 Å². The van der Waals surface area contributed by atoms with E-state index in [0.717, 1.165) is 12.1 Å². The Morgan fingerprint density at radius 1 is 1.29 bits per heavy atom. The first-order valence-electron chi connectivity index (χ1n) is 5.14. The standard InChI is InChI=1S/C11H11FO4S/c12-8-4-1-2-5-9(8)17(15,16)11(10(13)14)6-3-7-11/h1-2,4-5H,3,6-7H2,(H,13,14). The van der Waals surface area contributed by atoms with Crippen LogP contribution in [-0.2, 0) is 14.6 Å². The highest BCUT2D eigenvalue weighted by molar-refractivity contribution is 7.93. The van der Waals surface area contributed by atoms with E-state index in [4.69, 9.17) is 5.11 Å². The van der Waals surface area contributed by atoms with Gasteiger partial charge in [0.15, 0.2) is 14.6 Å². The van der Waals surface area contributed by atoms with E-state index >= 15 is 0 Å². The number of hydrogen-bond donors (Lipinski definition) is 1. The summed E-state index contributed by atoms with van der Waals surface area (Å²) in [4.78, 5) is 10.6. The molecule has 0 atom stereocenters. The minimum absolute atomic E-state index is 0.0407. The normalized spacial score (nSPS) is 18.4. The number of halogens is 1. The molecule has 1 N–H and O–H groups in total. The topological polar surface area (TPSA) is 71.4 Å². The van der Waals surface area contributed by atoms with E-state index in [1.807, 2.05) is 0 Å². The number of sulfone groups is 1. The molecule has 0 aromatic heterocycles. The summed E-state index contributed by atoms with van der Waals surface area (Å²) in [7, 11) is -4.17. The lowest BCUT2D eigenvalue weighted by atomic mass is 9.84. The van der Waals surface area contributed by atoms with Crippen molar-refractivity contribution in [3.63, 3.8) is 0 Å². The van der Waals surface area contributed by atoms with E-state index in [9.17, 15) is 17.6 Å². The number of carbonyl (C=O) groups is 1. The van der Waals surface area contributed by atoms with E-state index in [-0.39, 0.29) is 12.8 Å². The van der Waals surface area contributed by atoms with Gasteiger partial charge in [-0.25, -0.2) is 12.8 Å². The molecule has 17 heavy (non-hydrogen) atoms. The SMILES string of the molecule is O=C(O)C1(S(=O)(=O)c2ccccc2F)CCC1. The molecule has 1 fully saturated rings. The highest BCUT2D eigenvalue weighted by Gasteiger charge is 2.56. The largest absolute Gasteiger partial charge is 0.480 e. The summed E-state index contributed by atoms with van der Waals surface area (Å²) in [6.45, 7) is 0. The summed E-state index contributed by atoms with van der Waals surface area (Å²) in [5, 5.41) is 9.07. The number of aliphatic carboxylic acids is 1. The fourth-order valence-electron chi connectivity index (χ4n) is 1.97. The van der Waals surface area contributed by atoms with Crippen LogP contribution in [0, 0.1) is 5.82 Å². The molecule has 0 spiro atoms. The van der Waals surface area contributed by atoms with Crippen LogP contribution in [0.3, 0.4) is 0 Å². The van der Waals surface area contributed by atoms with E-state index in [1.54, 1.807) is 0 Å². The predicted molar refractivity (Wildman–Crippen MR) is 57.8 cm³/mol.